The van der Waals surface area contributed by atoms with Crippen LogP contribution in [0.5, 0.6) is 0 Å². The minimum atomic E-state index is -0.673. The first kappa shape index (κ1) is 22.4. The summed E-state index contributed by atoms with van der Waals surface area (Å²) in [4.78, 5) is 30.2. The van der Waals surface area contributed by atoms with Crippen LogP contribution < -0.4 is 15.1 Å². The first-order valence-electron chi connectivity index (χ1n) is 10.1. The van der Waals surface area contributed by atoms with Crippen LogP contribution in [-0.2, 0) is 16.0 Å². The molecule has 0 spiro atoms. The van der Waals surface area contributed by atoms with E-state index >= 15 is 0 Å². The van der Waals surface area contributed by atoms with Crippen LogP contribution in [0.1, 0.15) is 33.3 Å². The molecular weight excluding hydrogens is 421 g/mol. The molecule has 1 atom stereocenters. The van der Waals surface area contributed by atoms with Crippen molar-refractivity contribution in [2.24, 2.45) is 0 Å². The maximum atomic E-state index is 13.5. The molecule has 1 aliphatic rings. The van der Waals surface area contributed by atoms with E-state index in [9.17, 15) is 9.59 Å². The maximum Gasteiger partial charge on any atom is 0.251 e. The van der Waals surface area contributed by atoms with Gasteiger partial charge in [-0.2, -0.15) is 0 Å². The smallest absolute Gasteiger partial charge is 0.251 e. The standard InChI is InChI=1S/C23H27Cl2N3O2/c1-14(2)27-13-19(26-22(29)12-16-11-17(24)9-10-18(16)25)23(30)28(15(3)4)21-8-6-5-7-20(21)27/h5-11,14-15,19H,12-13H2,1-4H3,(H,26,29). The van der Waals surface area contributed by atoms with Gasteiger partial charge in [0.15, 0.2) is 0 Å². The molecule has 2 amide bonds. The fourth-order valence-electron chi connectivity index (χ4n) is 3.80. The summed E-state index contributed by atoms with van der Waals surface area (Å²) < 4.78 is 0. The maximum absolute atomic E-state index is 13.5. The van der Waals surface area contributed by atoms with E-state index in [-0.39, 0.29) is 30.3 Å². The molecule has 1 N–H and O–H groups in total. The van der Waals surface area contributed by atoms with E-state index in [1.165, 1.54) is 0 Å². The van der Waals surface area contributed by atoms with Gasteiger partial charge in [-0.15, -0.1) is 0 Å². The van der Waals surface area contributed by atoms with E-state index in [0.29, 0.717) is 22.2 Å². The Labute approximate surface area is 187 Å². The first-order chi connectivity index (χ1) is 14.2. The van der Waals surface area contributed by atoms with Crippen LogP contribution in [0.15, 0.2) is 42.5 Å². The summed E-state index contributed by atoms with van der Waals surface area (Å²) in [5.74, 6) is -0.387. The van der Waals surface area contributed by atoms with E-state index in [0.717, 1.165) is 11.4 Å². The number of halogens is 2. The topological polar surface area (TPSA) is 52.7 Å². The predicted molar refractivity (Wildman–Crippen MR) is 124 cm³/mol. The molecule has 0 aliphatic carbocycles. The Kier molecular flexibility index (Phi) is 6.94. The normalized spacial score (nSPS) is 16.7. The number of rotatable bonds is 5. The second-order valence-electron chi connectivity index (χ2n) is 8.07. The average molecular weight is 448 g/mol. The van der Waals surface area contributed by atoms with Gasteiger partial charge in [-0.3, -0.25) is 9.59 Å². The molecular formula is C23H27Cl2N3O2. The molecule has 5 nitrogen and oxygen atoms in total. The Balaban J connectivity index is 1.90. The van der Waals surface area contributed by atoms with Crippen molar-refractivity contribution in [3.63, 3.8) is 0 Å². The number of para-hydroxylation sites is 2. The molecule has 0 saturated heterocycles. The number of nitrogens with one attached hydrogen (secondary N) is 1. The molecule has 1 unspecified atom stereocenters. The monoisotopic (exact) mass is 447 g/mol. The zero-order valence-corrected chi connectivity index (χ0v) is 19.2. The third-order valence-electron chi connectivity index (χ3n) is 5.20. The van der Waals surface area contributed by atoms with E-state index in [1.54, 1.807) is 23.1 Å². The van der Waals surface area contributed by atoms with Crippen LogP contribution in [-0.4, -0.2) is 36.5 Å². The van der Waals surface area contributed by atoms with Gasteiger partial charge in [-0.1, -0.05) is 35.3 Å². The summed E-state index contributed by atoms with van der Waals surface area (Å²) in [5.41, 5.74) is 2.48. The van der Waals surface area contributed by atoms with Crippen LogP contribution in [0, 0.1) is 0 Å². The molecule has 160 valence electrons. The van der Waals surface area contributed by atoms with Gasteiger partial charge >= 0.3 is 0 Å². The summed E-state index contributed by atoms with van der Waals surface area (Å²) in [6.45, 7) is 8.51. The molecule has 30 heavy (non-hydrogen) atoms. The van der Waals surface area contributed by atoms with Crippen LogP contribution >= 0.6 is 23.2 Å². The number of carbonyl (C=O) groups is 2. The minimum Gasteiger partial charge on any atom is -0.365 e. The summed E-state index contributed by atoms with van der Waals surface area (Å²) in [6.07, 6.45) is 0.0550. The Morgan fingerprint density at radius 2 is 1.73 bits per heavy atom. The summed E-state index contributed by atoms with van der Waals surface area (Å²) in [6, 6.07) is 12.3. The number of fused-ring (bicyclic) bond motifs is 1. The lowest BCUT2D eigenvalue weighted by atomic mass is 10.1. The van der Waals surface area contributed by atoms with Gasteiger partial charge in [-0.25, -0.2) is 0 Å². The van der Waals surface area contributed by atoms with E-state index in [4.69, 9.17) is 23.2 Å². The van der Waals surface area contributed by atoms with Gasteiger partial charge in [0.2, 0.25) is 5.91 Å². The Morgan fingerprint density at radius 1 is 1.07 bits per heavy atom. The lowest BCUT2D eigenvalue weighted by Crippen LogP contribution is -2.54. The Morgan fingerprint density at radius 3 is 2.37 bits per heavy atom. The minimum absolute atomic E-state index is 0.0486. The van der Waals surface area contributed by atoms with Gasteiger partial charge in [0.05, 0.1) is 17.8 Å². The van der Waals surface area contributed by atoms with Crippen LogP contribution in [0.3, 0.4) is 0 Å². The molecule has 0 radical (unpaired) electrons. The van der Waals surface area contributed by atoms with Crippen molar-refractivity contribution >= 4 is 46.4 Å². The first-order valence-corrected chi connectivity index (χ1v) is 10.9. The van der Waals surface area contributed by atoms with E-state index in [1.807, 2.05) is 38.1 Å². The molecule has 3 rings (SSSR count). The predicted octanol–water partition coefficient (Wildman–Crippen LogP) is 4.69. The molecule has 0 fully saturated rings. The quantitative estimate of drug-likeness (QED) is 0.722. The third-order valence-corrected chi connectivity index (χ3v) is 5.80. The van der Waals surface area contributed by atoms with Crippen molar-refractivity contribution in [2.75, 3.05) is 16.3 Å². The van der Waals surface area contributed by atoms with Crippen molar-refractivity contribution in [2.45, 2.75) is 52.2 Å². The van der Waals surface area contributed by atoms with Crippen molar-refractivity contribution in [3.8, 4) is 0 Å². The van der Waals surface area contributed by atoms with E-state index in [2.05, 4.69) is 24.1 Å². The lowest BCUT2D eigenvalue weighted by Gasteiger charge is -2.31. The molecule has 0 aromatic heterocycles. The molecule has 1 aliphatic heterocycles. The van der Waals surface area contributed by atoms with Gasteiger partial charge in [0, 0.05) is 28.7 Å². The second-order valence-corrected chi connectivity index (χ2v) is 8.91. The zero-order valence-electron chi connectivity index (χ0n) is 17.7. The van der Waals surface area contributed by atoms with Gasteiger partial charge in [0.1, 0.15) is 6.04 Å². The molecule has 0 saturated carbocycles. The number of benzene rings is 2. The van der Waals surface area contributed by atoms with Gasteiger partial charge < -0.3 is 15.1 Å². The Bertz CT molecular complexity index is 946. The highest BCUT2D eigenvalue weighted by molar-refractivity contribution is 6.33. The van der Waals surface area contributed by atoms with Gasteiger partial charge in [0.25, 0.3) is 5.91 Å². The van der Waals surface area contributed by atoms with Crippen LogP contribution in [0.4, 0.5) is 11.4 Å². The average Bonchev–Trinajstić information content (AvgIpc) is 2.79. The van der Waals surface area contributed by atoms with Crippen LogP contribution in [0.25, 0.3) is 0 Å². The zero-order chi connectivity index (χ0) is 22.0. The van der Waals surface area contributed by atoms with Crippen molar-refractivity contribution in [3.05, 3.63) is 58.1 Å². The fraction of sp³-hybridized carbons (Fsp3) is 0.391. The Hall–Kier alpha value is -2.24. The number of hydrogen-bond donors (Lipinski definition) is 1. The molecule has 1 heterocycles. The highest BCUT2D eigenvalue weighted by Gasteiger charge is 2.36. The second kappa shape index (κ2) is 9.27. The van der Waals surface area contributed by atoms with Gasteiger partial charge in [-0.05, 0) is 63.6 Å². The number of carbonyl (C=O) groups excluding carboxylic acids is 2. The highest BCUT2D eigenvalue weighted by atomic mass is 35.5. The van der Waals surface area contributed by atoms with Crippen LogP contribution in [0.2, 0.25) is 10.0 Å². The number of anilines is 2. The van der Waals surface area contributed by atoms with Crippen molar-refractivity contribution < 1.29 is 9.59 Å². The van der Waals surface area contributed by atoms with E-state index < -0.39 is 6.04 Å². The molecule has 0 bridgehead atoms. The number of nitrogens with zero attached hydrogens (tertiary/aromatic N) is 2. The summed E-state index contributed by atoms with van der Waals surface area (Å²) in [7, 11) is 0. The number of hydrogen-bond acceptors (Lipinski definition) is 3. The molecule has 7 heteroatoms. The van der Waals surface area contributed by atoms with Crippen molar-refractivity contribution in [1.82, 2.24) is 5.32 Å². The largest absolute Gasteiger partial charge is 0.365 e. The molecule has 2 aromatic carbocycles. The molecule has 2 aromatic rings. The highest BCUT2D eigenvalue weighted by Crippen LogP contribution is 2.35. The number of amides is 2. The lowest BCUT2D eigenvalue weighted by molar-refractivity contribution is -0.127. The fourth-order valence-corrected chi connectivity index (χ4v) is 4.18. The van der Waals surface area contributed by atoms with Crippen molar-refractivity contribution in [1.29, 1.82) is 0 Å². The third kappa shape index (κ3) is 4.73. The summed E-state index contributed by atoms with van der Waals surface area (Å²) >= 11 is 12.2. The summed E-state index contributed by atoms with van der Waals surface area (Å²) in [5, 5.41) is 3.92. The SMILES string of the molecule is CC(C)N1CC(NC(=O)Cc2cc(Cl)ccc2Cl)C(=O)N(C(C)C)c2ccccc21.